The zero-order valence-electron chi connectivity index (χ0n) is 7.38. The second kappa shape index (κ2) is 4.11. The van der Waals surface area contributed by atoms with Crippen molar-refractivity contribution in [2.45, 2.75) is 37.9 Å². The minimum absolute atomic E-state index is 0.0670. The predicted molar refractivity (Wildman–Crippen MR) is 48.3 cm³/mol. The van der Waals surface area contributed by atoms with Crippen molar-refractivity contribution in [2.24, 2.45) is 0 Å². The molecule has 0 aromatic carbocycles. The Hall–Kier alpha value is 0.135. The summed E-state index contributed by atoms with van der Waals surface area (Å²) in [6, 6.07) is -0.0670. The van der Waals surface area contributed by atoms with Crippen LogP contribution in [0.2, 0.25) is 0 Å². The first kappa shape index (κ1) is 11.2. The van der Waals surface area contributed by atoms with Crippen molar-refractivity contribution < 1.29 is 18.9 Å². The van der Waals surface area contributed by atoms with Gasteiger partial charge in [-0.25, -0.2) is 4.57 Å². The van der Waals surface area contributed by atoms with Gasteiger partial charge in [-0.2, -0.15) is 0 Å². The molecule has 74 valence electrons. The van der Waals surface area contributed by atoms with E-state index >= 15 is 0 Å². The van der Waals surface area contributed by atoms with Crippen LogP contribution >= 0.6 is 7.82 Å². The van der Waals surface area contributed by atoms with Crippen molar-refractivity contribution in [3.05, 3.63) is 0 Å². The molecule has 0 aromatic rings. The molecule has 13 heavy (non-hydrogen) atoms. The Morgan fingerprint density at radius 1 is 1.62 bits per heavy atom. The normalized spacial score (nSPS) is 31.9. The number of hydrogen-bond acceptors (Lipinski definition) is 3. The Morgan fingerprint density at radius 2 is 2.23 bits per heavy atom. The molecule has 0 aliphatic carbocycles. The van der Waals surface area contributed by atoms with Gasteiger partial charge < -0.3 is 15.1 Å². The molecule has 0 spiro atoms. The average Bonchev–Trinajstić information content (AvgIpc) is 2.31. The van der Waals surface area contributed by atoms with Crippen molar-refractivity contribution in [3.63, 3.8) is 0 Å². The molecule has 1 rings (SSSR count). The van der Waals surface area contributed by atoms with Gasteiger partial charge in [0.2, 0.25) is 0 Å². The van der Waals surface area contributed by atoms with Gasteiger partial charge in [-0.05, 0) is 25.7 Å². The molecule has 7 heteroatoms. The highest BCUT2D eigenvalue weighted by Crippen LogP contribution is 2.38. The summed E-state index contributed by atoms with van der Waals surface area (Å²) in [6.45, 7) is 1.62. The van der Waals surface area contributed by atoms with Crippen LogP contribution in [-0.2, 0) is 9.09 Å². The highest BCUT2D eigenvalue weighted by molar-refractivity contribution is 7.46. The lowest BCUT2D eigenvalue weighted by molar-refractivity contribution is 0.120. The zero-order valence-corrected chi connectivity index (χ0v) is 8.28. The summed E-state index contributed by atoms with van der Waals surface area (Å²) >= 11 is 0. The van der Waals surface area contributed by atoms with Gasteiger partial charge in [-0.3, -0.25) is 4.52 Å². The van der Waals surface area contributed by atoms with Crippen molar-refractivity contribution in [1.82, 2.24) is 5.32 Å². The monoisotopic (exact) mass is 205 g/mol. The van der Waals surface area contributed by atoms with E-state index < -0.39 is 13.9 Å². The summed E-state index contributed by atoms with van der Waals surface area (Å²) in [6.07, 6.45) is 1.07. The number of phosphoric ester groups is 1. The van der Waals surface area contributed by atoms with Crippen LogP contribution in [0, 0.1) is 0 Å². The van der Waals surface area contributed by atoms with Crippen molar-refractivity contribution in [3.8, 4) is 0 Å². The second-order valence-corrected chi connectivity index (χ2v) is 4.45. The van der Waals surface area contributed by atoms with E-state index in [-0.39, 0.29) is 12.0 Å². The molecule has 1 aliphatic heterocycles. The van der Waals surface area contributed by atoms with Gasteiger partial charge in [-0.1, -0.05) is 0 Å². The fraction of sp³-hybridized carbons (Fsp3) is 1.00. The molecule has 1 aliphatic rings. The smallest absolute Gasteiger partial charge is 0.317 e. The Labute approximate surface area is 78.5 Å². The molecule has 1 fully saturated rings. The Bertz CT molecular complexity index is 221. The third-order valence-corrected chi connectivity index (χ3v) is 2.69. The largest absolute Gasteiger partial charge is 0.469 e. The van der Waals surface area contributed by atoms with E-state index in [1.54, 1.807) is 6.92 Å². The van der Waals surface area contributed by atoms with E-state index in [1.807, 2.05) is 0 Å². The topological polar surface area (TPSA) is 78.8 Å². The first-order valence-electron chi connectivity index (χ1n) is 4.14. The minimum Gasteiger partial charge on any atom is -0.317 e. The first-order valence-corrected chi connectivity index (χ1v) is 5.67. The molecule has 0 bridgehead atoms. The summed E-state index contributed by atoms with van der Waals surface area (Å²) in [5.74, 6) is -0.0900. The standard InChI is InChI=1S/C6H13BNO4P/c1-4(12-13(9,10)11)5-2-3-6(7)8-5/h4-6,8H,2-3H2,1H3,(H2,9,10,11). The number of rotatable bonds is 3. The second-order valence-electron chi connectivity index (χ2n) is 3.26. The molecule has 3 N–H and O–H groups in total. The van der Waals surface area contributed by atoms with E-state index in [2.05, 4.69) is 9.84 Å². The molecule has 0 saturated carbocycles. The highest BCUT2D eigenvalue weighted by atomic mass is 31.2. The van der Waals surface area contributed by atoms with E-state index in [4.69, 9.17) is 17.6 Å². The summed E-state index contributed by atoms with van der Waals surface area (Å²) in [7, 11) is 1.19. The Kier molecular flexibility index (Phi) is 3.54. The molecule has 3 atom stereocenters. The van der Waals surface area contributed by atoms with Gasteiger partial charge in [0.1, 0.15) is 0 Å². The Morgan fingerprint density at radius 3 is 2.62 bits per heavy atom. The third-order valence-electron chi connectivity index (χ3n) is 2.09. The summed E-state index contributed by atoms with van der Waals surface area (Å²) in [4.78, 5) is 17.1. The van der Waals surface area contributed by atoms with Gasteiger partial charge in [-0.15, -0.1) is 0 Å². The fourth-order valence-corrected chi connectivity index (χ4v) is 2.04. The average molecular weight is 205 g/mol. The van der Waals surface area contributed by atoms with Gasteiger partial charge in [0.15, 0.2) is 0 Å². The first-order chi connectivity index (χ1) is 5.88. The molecule has 2 radical (unpaired) electrons. The number of hydrogen-bond donors (Lipinski definition) is 3. The molecular formula is C6H13BNO4P. The van der Waals surface area contributed by atoms with Crippen LogP contribution in [0.1, 0.15) is 19.8 Å². The quantitative estimate of drug-likeness (QED) is 0.436. The van der Waals surface area contributed by atoms with Crippen LogP contribution in [-0.4, -0.2) is 35.7 Å². The number of phosphoric acid groups is 1. The maximum Gasteiger partial charge on any atom is 0.469 e. The van der Waals surface area contributed by atoms with E-state index in [9.17, 15) is 4.57 Å². The summed E-state index contributed by atoms with van der Waals surface area (Å²) in [5.41, 5.74) is 0. The van der Waals surface area contributed by atoms with Crippen molar-refractivity contribution >= 4 is 15.7 Å². The fourth-order valence-electron chi connectivity index (χ4n) is 1.46. The number of nitrogens with one attached hydrogen (secondary N) is 1. The van der Waals surface area contributed by atoms with Gasteiger partial charge in [0.25, 0.3) is 0 Å². The molecule has 1 heterocycles. The van der Waals surface area contributed by atoms with Crippen LogP contribution < -0.4 is 5.32 Å². The zero-order chi connectivity index (χ0) is 10.1. The van der Waals surface area contributed by atoms with Crippen LogP contribution in [0.15, 0.2) is 0 Å². The molecule has 0 aromatic heterocycles. The maximum absolute atomic E-state index is 10.5. The lowest BCUT2D eigenvalue weighted by Gasteiger charge is -2.20. The van der Waals surface area contributed by atoms with Crippen LogP contribution in [0.25, 0.3) is 0 Å². The van der Waals surface area contributed by atoms with E-state index in [1.165, 1.54) is 0 Å². The predicted octanol–water partition coefficient (Wildman–Crippen LogP) is -0.269. The molecule has 3 unspecified atom stereocenters. The Balaban J connectivity index is 2.40. The van der Waals surface area contributed by atoms with Crippen molar-refractivity contribution in [1.29, 1.82) is 0 Å². The summed E-state index contributed by atoms with van der Waals surface area (Å²) in [5, 5.41) is 2.99. The SMILES string of the molecule is [B]C1CCC(C(C)OP(=O)(O)O)N1. The maximum atomic E-state index is 10.5. The van der Waals surface area contributed by atoms with Crippen LogP contribution in [0.5, 0.6) is 0 Å². The summed E-state index contributed by atoms with van der Waals surface area (Å²) < 4.78 is 15.0. The van der Waals surface area contributed by atoms with E-state index in [0.29, 0.717) is 0 Å². The lowest BCUT2D eigenvalue weighted by atomic mass is 9.95. The lowest BCUT2D eigenvalue weighted by Crippen LogP contribution is -2.38. The van der Waals surface area contributed by atoms with Gasteiger partial charge >= 0.3 is 7.82 Å². The van der Waals surface area contributed by atoms with E-state index in [0.717, 1.165) is 12.8 Å². The molecule has 1 saturated heterocycles. The van der Waals surface area contributed by atoms with Gasteiger partial charge in [0.05, 0.1) is 14.0 Å². The highest BCUT2D eigenvalue weighted by Gasteiger charge is 2.29. The molecule has 5 nitrogen and oxygen atoms in total. The van der Waals surface area contributed by atoms with Crippen molar-refractivity contribution in [2.75, 3.05) is 0 Å². The molecular weight excluding hydrogens is 192 g/mol. The minimum atomic E-state index is -4.37. The third kappa shape index (κ3) is 3.79. The van der Waals surface area contributed by atoms with Crippen LogP contribution in [0.4, 0.5) is 0 Å². The van der Waals surface area contributed by atoms with Gasteiger partial charge in [0, 0.05) is 6.04 Å². The van der Waals surface area contributed by atoms with Crippen LogP contribution in [0.3, 0.4) is 0 Å². The molecule has 0 amide bonds.